The fourth-order valence-corrected chi connectivity index (χ4v) is 3.45. The highest BCUT2D eigenvalue weighted by molar-refractivity contribution is 7.18. The first-order chi connectivity index (χ1) is 12.1. The van der Waals surface area contributed by atoms with Crippen LogP contribution in [0.25, 0.3) is 21.5 Å². The second-order valence-corrected chi connectivity index (χ2v) is 6.79. The van der Waals surface area contributed by atoms with Gasteiger partial charge in [0.05, 0.1) is 0 Å². The molecule has 0 unspecified atom stereocenters. The largest absolute Gasteiger partial charge is 0.423 e. The van der Waals surface area contributed by atoms with Crippen molar-refractivity contribution in [1.29, 1.82) is 0 Å². The number of nitrogens with one attached hydrogen (secondary N) is 1. The molecule has 0 aliphatic rings. The Bertz CT molecular complexity index is 1120. The van der Waals surface area contributed by atoms with Gasteiger partial charge in [-0.25, -0.2) is 4.79 Å². The van der Waals surface area contributed by atoms with Crippen molar-refractivity contribution >= 4 is 33.1 Å². The Morgan fingerprint density at radius 2 is 1.80 bits per heavy atom. The molecule has 4 rings (SSSR count). The zero-order chi connectivity index (χ0) is 17.4. The van der Waals surface area contributed by atoms with E-state index in [0.717, 1.165) is 37.9 Å². The Labute approximate surface area is 148 Å². The van der Waals surface area contributed by atoms with Crippen molar-refractivity contribution in [2.75, 3.05) is 5.32 Å². The molecule has 0 radical (unpaired) electrons. The summed E-state index contributed by atoms with van der Waals surface area (Å²) in [5, 5.41) is 14.3. The molecule has 5 nitrogen and oxygen atoms in total. The number of benzene rings is 2. The van der Waals surface area contributed by atoms with Crippen molar-refractivity contribution in [3.8, 4) is 10.6 Å². The van der Waals surface area contributed by atoms with Crippen LogP contribution in [0, 0.1) is 13.8 Å². The molecular weight excluding hydrogens is 334 g/mol. The van der Waals surface area contributed by atoms with Gasteiger partial charge in [0.2, 0.25) is 5.13 Å². The lowest BCUT2D eigenvalue weighted by atomic mass is 10.1. The van der Waals surface area contributed by atoms with Gasteiger partial charge in [-0.2, -0.15) is 0 Å². The van der Waals surface area contributed by atoms with Gasteiger partial charge in [0, 0.05) is 22.7 Å². The fraction of sp³-hybridized carbons (Fsp3) is 0.105. The molecule has 0 fully saturated rings. The summed E-state index contributed by atoms with van der Waals surface area (Å²) in [6, 6.07) is 15.3. The van der Waals surface area contributed by atoms with Crippen LogP contribution >= 0.6 is 11.3 Å². The lowest BCUT2D eigenvalue weighted by Gasteiger charge is -2.09. The maximum atomic E-state index is 11.5. The number of hydrogen-bond donors (Lipinski definition) is 1. The Hall–Kier alpha value is -2.99. The van der Waals surface area contributed by atoms with Crippen molar-refractivity contribution in [2.24, 2.45) is 0 Å². The number of nitrogens with zero attached hydrogens (tertiary/aromatic N) is 2. The highest BCUT2D eigenvalue weighted by atomic mass is 32.1. The number of fused-ring (bicyclic) bond motifs is 1. The van der Waals surface area contributed by atoms with Crippen molar-refractivity contribution in [1.82, 2.24) is 10.2 Å². The number of aromatic nitrogens is 2. The second kappa shape index (κ2) is 6.14. The lowest BCUT2D eigenvalue weighted by Crippen LogP contribution is -1.99. The SMILES string of the molecule is Cc1cc2oc(=O)cc(C)c2cc1Nc1nnc(-c2ccccc2)s1. The molecule has 25 heavy (non-hydrogen) atoms. The molecule has 4 aromatic rings. The van der Waals surface area contributed by atoms with Crippen LogP contribution in [0.4, 0.5) is 10.8 Å². The average Bonchev–Trinajstić information content (AvgIpc) is 3.05. The summed E-state index contributed by atoms with van der Waals surface area (Å²) in [5.74, 6) is 0. The third-order valence-electron chi connectivity index (χ3n) is 3.98. The van der Waals surface area contributed by atoms with Gasteiger partial charge in [-0.3, -0.25) is 0 Å². The summed E-state index contributed by atoms with van der Waals surface area (Å²) < 4.78 is 5.28. The molecule has 0 saturated heterocycles. The van der Waals surface area contributed by atoms with Gasteiger partial charge in [0.15, 0.2) is 0 Å². The first-order valence-electron chi connectivity index (χ1n) is 7.81. The van der Waals surface area contributed by atoms with Crippen molar-refractivity contribution in [2.45, 2.75) is 13.8 Å². The highest BCUT2D eigenvalue weighted by Gasteiger charge is 2.10. The Morgan fingerprint density at radius 1 is 1.00 bits per heavy atom. The van der Waals surface area contributed by atoms with E-state index in [1.165, 1.54) is 17.4 Å². The third kappa shape index (κ3) is 3.04. The van der Waals surface area contributed by atoms with Crippen LogP contribution in [0.15, 0.2) is 57.7 Å². The molecule has 6 heteroatoms. The number of hydrogen-bond acceptors (Lipinski definition) is 6. The fourth-order valence-electron chi connectivity index (χ4n) is 2.69. The first kappa shape index (κ1) is 15.5. The van der Waals surface area contributed by atoms with Gasteiger partial charge in [-0.15, -0.1) is 10.2 Å². The minimum Gasteiger partial charge on any atom is -0.423 e. The molecule has 0 aliphatic heterocycles. The van der Waals surface area contributed by atoms with Crippen LogP contribution in [0.3, 0.4) is 0 Å². The predicted octanol–water partition coefficient (Wildman–Crippen LogP) is 4.67. The first-order valence-corrected chi connectivity index (χ1v) is 8.63. The van der Waals surface area contributed by atoms with Gasteiger partial charge in [-0.05, 0) is 37.1 Å². The molecule has 1 N–H and O–H groups in total. The maximum absolute atomic E-state index is 11.5. The molecular formula is C19H15N3O2S. The van der Waals surface area contributed by atoms with E-state index >= 15 is 0 Å². The quantitative estimate of drug-likeness (QED) is 0.544. The van der Waals surface area contributed by atoms with Gasteiger partial charge in [-0.1, -0.05) is 41.7 Å². The lowest BCUT2D eigenvalue weighted by molar-refractivity contribution is 0.559. The monoisotopic (exact) mass is 349 g/mol. The Morgan fingerprint density at radius 3 is 2.60 bits per heavy atom. The molecule has 0 atom stereocenters. The van der Waals surface area contributed by atoms with Crippen molar-refractivity contribution in [3.05, 3.63) is 70.1 Å². The minimum absolute atomic E-state index is 0.332. The van der Waals surface area contributed by atoms with Crippen molar-refractivity contribution < 1.29 is 4.42 Å². The van der Waals surface area contributed by atoms with E-state index in [1.54, 1.807) is 0 Å². The molecule has 0 aliphatic carbocycles. The van der Waals surface area contributed by atoms with Crippen LogP contribution in [0.5, 0.6) is 0 Å². The maximum Gasteiger partial charge on any atom is 0.336 e. The molecule has 2 aromatic heterocycles. The zero-order valence-electron chi connectivity index (χ0n) is 13.7. The van der Waals surface area contributed by atoms with E-state index in [9.17, 15) is 4.79 Å². The van der Waals surface area contributed by atoms with Gasteiger partial charge in [0.1, 0.15) is 10.6 Å². The number of aryl methyl sites for hydroxylation is 2. The summed E-state index contributed by atoms with van der Waals surface area (Å²) in [6.45, 7) is 3.86. The molecule has 0 spiro atoms. The van der Waals surface area contributed by atoms with Crippen LogP contribution < -0.4 is 10.9 Å². The molecule has 2 aromatic carbocycles. The smallest absolute Gasteiger partial charge is 0.336 e. The topological polar surface area (TPSA) is 68.0 Å². The van der Waals surface area contributed by atoms with E-state index in [1.807, 2.05) is 56.3 Å². The summed E-state index contributed by atoms with van der Waals surface area (Å²) in [6.07, 6.45) is 0. The van der Waals surface area contributed by atoms with Crippen LogP contribution in [-0.2, 0) is 0 Å². The van der Waals surface area contributed by atoms with E-state index in [-0.39, 0.29) is 5.63 Å². The van der Waals surface area contributed by atoms with Gasteiger partial charge >= 0.3 is 5.63 Å². The van der Waals surface area contributed by atoms with Crippen molar-refractivity contribution in [3.63, 3.8) is 0 Å². The standard InChI is InChI=1S/C19H15N3O2S/c1-11-9-17(23)24-16-8-12(2)15(10-14(11)16)20-19-22-21-18(25-19)13-6-4-3-5-7-13/h3-10H,1-2H3,(H,20,22). The normalized spacial score (nSPS) is 11.0. The van der Waals surface area contributed by atoms with Crippen LogP contribution in [0.2, 0.25) is 0 Å². The Kier molecular flexibility index (Phi) is 3.82. The van der Waals surface area contributed by atoms with E-state index < -0.39 is 0 Å². The number of rotatable bonds is 3. The molecule has 124 valence electrons. The summed E-state index contributed by atoms with van der Waals surface area (Å²) in [4.78, 5) is 11.5. The van der Waals surface area contributed by atoms with Gasteiger partial charge < -0.3 is 9.73 Å². The van der Waals surface area contributed by atoms with Gasteiger partial charge in [0.25, 0.3) is 0 Å². The Balaban J connectivity index is 1.70. The van der Waals surface area contributed by atoms with E-state index in [4.69, 9.17) is 4.42 Å². The van der Waals surface area contributed by atoms with E-state index in [0.29, 0.717) is 5.58 Å². The predicted molar refractivity (Wildman–Crippen MR) is 101 cm³/mol. The summed E-state index contributed by atoms with van der Waals surface area (Å²) >= 11 is 1.49. The van der Waals surface area contributed by atoms with E-state index in [2.05, 4.69) is 15.5 Å². The molecule has 2 heterocycles. The third-order valence-corrected chi connectivity index (χ3v) is 4.87. The molecule has 0 saturated carbocycles. The molecule has 0 amide bonds. The number of anilines is 2. The molecule has 0 bridgehead atoms. The zero-order valence-corrected chi connectivity index (χ0v) is 14.6. The highest BCUT2D eigenvalue weighted by Crippen LogP contribution is 2.31. The summed E-state index contributed by atoms with van der Waals surface area (Å²) in [5.41, 5.74) is 4.08. The second-order valence-electron chi connectivity index (χ2n) is 5.82. The van der Waals surface area contributed by atoms with Crippen LogP contribution in [0.1, 0.15) is 11.1 Å². The van der Waals surface area contributed by atoms with Crippen LogP contribution in [-0.4, -0.2) is 10.2 Å². The average molecular weight is 349 g/mol. The minimum atomic E-state index is -0.332. The summed E-state index contributed by atoms with van der Waals surface area (Å²) in [7, 11) is 0.